The molecule has 0 heterocycles. The summed E-state index contributed by atoms with van der Waals surface area (Å²) >= 11 is 0. The molecule has 0 atom stereocenters. The maximum Gasteiger partial charge on any atom is 0.305 e. The smallest absolute Gasteiger partial charge is 0.305 e. The second kappa shape index (κ2) is 9.66. The average Bonchev–Trinajstić information content (AvgIpc) is 2.71. The van der Waals surface area contributed by atoms with Gasteiger partial charge in [0.05, 0.1) is 25.8 Å². The highest BCUT2D eigenvalue weighted by atomic mass is 28.4. The monoisotopic (exact) mass is 399 g/mol. The second-order valence-corrected chi connectivity index (χ2v) is 12.0. The van der Waals surface area contributed by atoms with E-state index in [0.29, 0.717) is 12.1 Å². The number of methoxy groups -OCH3 is 1. The number of rotatable bonds is 8. The fourth-order valence-corrected chi connectivity index (χ4v) is 7.99. The zero-order valence-electron chi connectivity index (χ0n) is 17.0. The number of ether oxygens (including phenoxy) is 1. The highest BCUT2D eigenvalue weighted by Gasteiger charge is 2.50. The number of oxime groups is 1. The van der Waals surface area contributed by atoms with E-state index in [-0.39, 0.29) is 24.0 Å². The predicted molar refractivity (Wildman–Crippen MR) is 114 cm³/mol. The van der Waals surface area contributed by atoms with E-state index in [4.69, 9.17) is 4.43 Å². The molecule has 5 nitrogen and oxygen atoms in total. The van der Waals surface area contributed by atoms with E-state index < -0.39 is 8.32 Å². The Labute approximate surface area is 168 Å². The Hall–Kier alpha value is -2.44. The molecular weight excluding hydrogens is 370 g/mol. The molecular formula is C22H29NO4Si. The van der Waals surface area contributed by atoms with Crippen molar-refractivity contribution in [3.63, 3.8) is 0 Å². The van der Waals surface area contributed by atoms with Gasteiger partial charge in [-0.2, -0.15) is 0 Å². The third kappa shape index (κ3) is 4.88. The summed E-state index contributed by atoms with van der Waals surface area (Å²) in [5, 5.41) is 14.9. The summed E-state index contributed by atoms with van der Waals surface area (Å²) in [6.45, 7) is 6.71. The Balaban J connectivity index is 2.43. The van der Waals surface area contributed by atoms with Crippen LogP contribution in [0.15, 0.2) is 65.8 Å². The minimum Gasteiger partial charge on any atom is -0.469 e. The van der Waals surface area contributed by atoms with Crippen LogP contribution >= 0.6 is 0 Å². The zero-order chi connectivity index (χ0) is 20.6. The van der Waals surface area contributed by atoms with Gasteiger partial charge in [-0.25, -0.2) is 0 Å². The standard InChI is InChI=1S/C22H29NO4Si/c1-22(2,3)28(19-11-7-5-8-12-19,20-13-9-6-10-14-20)27-17-18(23-25)15-16-21(24)26-4/h5-14,25H,15-17H2,1-4H3/b23-18+. The van der Waals surface area contributed by atoms with Gasteiger partial charge in [0.2, 0.25) is 0 Å². The normalized spacial score (nSPS) is 12.6. The summed E-state index contributed by atoms with van der Waals surface area (Å²) in [4.78, 5) is 11.4. The van der Waals surface area contributed by atoms with Crippen LogP contribution in [0.25, 0.3) is 0 Å². The van der Waals surface area contributed by atoms with Crippen LogP contribution in [0.4, 0.5) is 0 Å². The molecule has 0 saturated heterocycles. The first kappa shape index (κ1) is 21.9. The molecule has 0 bridgehead atoms. The number of carbonyl (C=O) groups excluding carboxylic acids is 1. The Morgan fingerprint density at radius 1 is 0.964 bits per heavy atom. The van der Waals surface area contributed by atoms with Crippen molar-refractivity contribution in [3.8, 4) is 0 Å². The molecule has 0 aliphatic rings. The molecule has 2 aromatic carbocycles. The van der Waals surface area contributed by atoms with Crippen LogP contribution in [-0.4, -0.2) is 38.9 Å². The number of hydrogen-bond acceptors (Lipinski definition) is 5. The molecule has 0 radical (unpaired) electrons. The summed E-state index contributed by atoms with van der Waals surface area (Å²) in [5.74, 6) is -0.341. The molecule has 0 unspecified atom stereocenters. The third-order valence-corrected chi connectivity index (χ3v) is 9.84. The second-order valence-electron chi connectivity index (χ2n) is 7.69. The van der Waals surface area contributed by atoms with Crippen molar-refractivity contribution in [2.45, 2.75) is 38.7 Å². The predicted octanol–water partition coefficient (Wildman–Crippen LogP) is 3.35. The van der Waals surface area contributed by atoms with Crippen molar-refractivity contribution in [3.05, 3.63) is 60.7 Å². The first-order valence-electron chi connectivity index (χ1n) is 9.36. The Morgan fingerprint density at radius 2 is 1.46 bits per heavy atom. The lowest BCUT2D eigenvalue weighted by Crippen LogP contribution is -2.67. The van der Waals surface area contributed by atoms with E-state index in [1.165, 1.54) is 7.11 Å². The van der Waals surface area contributed by atoms with Crippen molar-refractivity contribution in [1.82, 2.24) is 0 Å². The lowest BCUT2D eigenvalue weighted by Gasteiger charge is -2.43. The summed E-state index contributed by atoms with van der Waals surface area (Å²) < 4.78 is 11.4. The van der Waals surface area contributed by atoms with Crippen LogP contribution < -0.4 is 10.4 Å². The molecule has 0 amide bonds. The van der Waals surface area contributed by atoms with E-state index in [1.807, 2.05) is 36.4 Å². The minimum atomic E-state index is -2.70. The van der Waals surface area contributed by atoms with Crippen molar-refractivity contribution in [2.75, 3.05) is 13.7 Å². The van der Waals surface area contributed by atoms with Crippen molar-refractivity contribution >= 4 is 30.4 Å². The molecule has 2 rings (SSSR count). The van der Waals surface area contributed by atoms with Crippen molar-refractivity contribution in [2.24, 2.45) is 5.16 Å². The van der Waals surface area contributed by atoms with E-state index in [0.717, 1.165) is 10.4 Å². The number of benzene rings is 2. The van der Waals surface area contributed by atoms with Crippen LogP contribution in [0.5, 0.6) is 0 Å². The highest BCUT2D eigenvalue weighted by molar-refractivity contribution is 6.99. The van der Waals surface area contributed by atoms with Crippen LogP contribution in [0, 0.1) is 0 Å². The van der Waals surface area contributed by atoms with Gasteiger partial charge in [-0.3, -0.25) is 4.79 Å². The SMILES string of the molecule is COC(=O)CC/C(CO[Si](c1ccccc1)(c1ccccc1)C(C)(C)C)=N\O. The van der Waals surface area contributed by atoms with E-state index >= 15 is 0 Å². The molecule has 1 N–H and O–H groups in total. The molecule has 0 saturated carbocycles. The number of hydrogen-bond donors (Lipinski definition) is 1. The van der Waals surface area contributed by atoms with Gasteiger partial charge < -0.3 is 14.4 Å². The molecule has 0 fully saturated rings. The lowest BCUT2D eigenvalue weighted by atomic mass is 10.2. The summed E-state index contributed by atoms with van der Waals surface area (Å²) in [5.41, 5.74) is 0.429. The first-order valence-corrected chi connectivity index (χ1v) is 11.3. The molecule has 28 heavy (non-hydrogen) atoms. The maximum atomic E-state index is 11.4. The molecule has 0 spiro atoms. The highest BCUT2D eigenvalue weighted by Crippen LogP contribution is 2.36. The molecule has 0 aromatic heterocycles. The summed E-state index contributed by atoms with van der Waals surface area (Å²) in [6, 6.07) is 20.5. The van der Waals surface area contributed by atoms with E-state index in [2.05, 4.69) is 54.9 Å². The maximum absolute atomic E-state index is 11.4. The van der Waals surface area contributed by atoms with E-state index in [1.54, 1.807) is 0 Å². The topological polar surface area (TPSA) is 68.1 Å². The fourth-order valence-electron chi connectivity index (χ4n) is 3.45. The van der Waals surface area contributed by atoms with Crippen LogP contribution in [0.2, 0.25) is 5.04 Å². The summed E-state index contributed by atoms with van der Waals surface area (Å²) in [7, 11) is -1.36. The third-order valence-electron chi connectivity index (χ3n) is 4.86. The molecule has 0 aliphatic carbocycles. The van der Waals surface area contributed by atoms with Crippen molar-refractivity contribution in [1.29, 1.82) is 0 Å². The molecule has 2 aromatic rings. The zero-order valence-corrected chi connectivity index (χ0v) is 18.0. The van der Waals surface area contributed by atoms with Gasteiger partial charge in [-0.15, -0.1) is 0 Å². The van der Waals surface area contributed by atoms with Crippen molar-refractivity contribution < 1.29 is 19.2 Å². The summed E-state index contributed by atoms with van der Waals surface area (Å²) in [6.07, 6.45) is 0.446. The molecule has 6 heteroatoms. The van der Waals surface area contributed by atoms with Gasteiger partial charge in [0.1, 0.15) is 0 Å². The van der Waals surface area contributed by atoms with Crippen LogP contribution in [0.1, 0.15) is 33.6 Å². The average molecular weight is 400 g/mol. The van der Waals surface area contributed by atoms with Gasteiger partial charge in [0.25, 0.3) is 8.32 Å². The number of nitrogens with zero attached hydrogens (tertiary/aromatic N) is 1. The quantitative estimate of drug-likeness (QED) is 0.243. The van der Waals surface area contributed by atoms with Gasteiger partial charge in [-0.05, 0) is 15.4 Å². The molecule has 0 aliphatic heterocycles. The van der Waals surface area contributed by atoms with Gasteiger partial charge in [-0.1, -0.05) is 86.6 Å². The number of esters is 1. The van der Waals surface area contributed by atoms with Crippen LogP contribution in [-0.2, 0) is 14.0 Å². The van der Waals surface area contributed by atoms with Crippen LogP contribution in [0.3, 0.4) is 0 Å². The van der Waals surface area contributed by atoms with E-state index in [9.17, 15) is 10.0 Å². The minimum absolute atomic E-state index is 0.153. The lowest BCUT2D eigenvalue weighted by molar-refractivity contribution is -0.140. The number of carbonyl (C=O) groups is 1. The first-order chi connectivity index (χ1) is 13.3. The Morgan fingerprint density at radius 3 is 1.86 bits per heavy atom. The Kier molecular flexibility index (Phi) is 7.54. The Bertz CT molecular complexity index is 746. The van der Waals surface area contributed by atoms with Gasteiger partial charge in [0.15, 0.2) is 0 Å². The largest absolute Gasteiger partial charge is 0.469 e. The van der Waals surface area contributed by atoms with Gasteiger partial charge >= 0.3 is 5.97 Å². The fraction of sp³-hybridized carbons (Fsp3) is 0.364. The molecule has 150 valence electrons. The van der Waals surface area contributed by atoms with Gasteiger partial charge in [0, 0.05) is 6.42 Å².